The number of rotatable bonds is 5. The Labute approximate surface area is 134 Å². The summed E-state index contributed by atoms with van der Waals surface area (Å²) in [6.45, 7) is 5.62. The summed E-state index contributed by atoms with van der Waals surface area (Å²) in [6.07, 6.45) is 0. The second-order valence-electron chi connectivity index (χ2n) is 4.74. The summed E-state index contributed by atoms with van der Waals surface area (Å²) in [5, 5.41) is 0.275. The van der Waals surface area contributed by atoms with Gasteiger partial charge in [0.15, 0.2) is 0 Å². The van der Waals surface area contributed by atoms with Gasteiger partial charge in [-0.05, 0) is 39.0 Å². The first kappa shape index (κ1) is 16.5. The van der Waals surface area contributed by atoms with Gasteiger partial charge in [0, 0.05) is 4.88 Å². The van der Waals surface area contributed by atoms with Crippen molar-refractivity contribution in [1.29, 1.82) is 0 Å². The molecule has 1 aromatic carbocycles. The highest BCUT2D eigenvalue weighted by Crippen LogP contribution is 2.30. The second kappa shape index (κ2) is 6.50. The quantitative estimate of drug-likeness (QED) is 0.848. The summed E-state index contributed by atoms with van der Waals surface area (Å²) in [7, 11) is -3.74. The molecule has 0 bridgehead atoms. The number of hydrogen-bond acceptors (Lipinski definition) is 5. The van der Waals surface area contributed by atoms with Crippen molar-refractivity contribution in [1.82, 2.24) is 0 Å². The van der Waals surface area contributed by atoms with Gasteiger partial charge in [0.2, 0.25) is 0 Å². The molecule has 1 N–H and O–H groups in total. The van der Waals surface area contributed by atoms with Gasteiger partial charge in [-0.15, -0.1) is 11.3 Å². The zero-order valence-corrected chi connectivity index (χ0v) is 14.2. The van der Waals surface area contributed by atoms with Crippen molar-refractivity contribution >= 4 is 32.3 Å². The van der Waals surface area contributed by atoms with E-state index >= 15 is 0 Å². The lowest BCUT2D eigenvalue weighted by Gasteiger charge is -2.08. The van der Waals surface area contributed by atoms with Crippen LogP contribution >= 0.6 is 11.3 Å². The van der Waals surface area contributed by atoms with Gasteiger partial charge in [0.1, 0.15) is 5.00 Å². The maximum absolute atomic E-state index is 12.4. The van der Waals surface area contributed by atoms with E-state index in [4.69, 9.17) is 4.74 Å². The number of benzene rings is 1. The van der Waals surface area contributed by atoms with E-state index in [0.29, 0.717) is 0 Å². The minimum absolute atomic E-state index is 0.152. The van der Waals surface area contributed by atoms with E-state index in [1.165, 1.54) is 23.5 Å². The summed E-state index contributed by atoms with van der Waals surface area (Å²) in [6, 6.07) is 8.13. The highest BCUT2D eigenvalue weighted by molar-refractivity contribution is 7.93. The highest BCUT2D eigenvalue weighted by Gasteiger charge is 2.21. The SMILES string of the molecule is CCOC(=O)c1cc(C)sc1NS(=O)(=O)c1ccc(C)cc1. The van der Waals surface area contributed by atoms with Crippen molar-refractivity contribution in [2.45, 2.75) is 25.7 Å². The number of thiophene rings is 1. The Morgan fingerprint density at radius 3 is 2.45 bits per heavy atom. The van der Waals surface area contributed by atoms with Gasteiger partial charge < -0.3 is 4.74 Å². The third kappa shape index (κ3) is 3.66. The molecule has 5 nitrogen and oxygen atoms in total. The molecule has 0 aliphatic carbocycles. The van der Waals surface area contributed by atoms with E-state index in [1.54, 1.807) is 32.0 Å². The molecule has 1 heterocycles. The molecule has 118 valence electrons. The fourth-order valence-corrected chi connectivity index (χ4v) is 4.06. The van der Waals surface area contributed by atoms with Crippen molar-refractivity contribution in [2.75, 3.05) is 11.3 Å². The number of esters is 1. The average molecular weight is 339 g/mol. The van der Waals surface area contributed by atoms with Crippen LogP contribution in [0.15, 0.2) is 35.2 Å². The van der Waals surface area contributed by atoms with E-state index in [9.17, 15) is 13.2 Å². The first-order chi connectivity index (χ1) is 10.3. The summed E-state index contributed by atoms with van der Waals surface area (Å²) in [5.41, 5.74) is 1.21. The Hall–Kier alpha value is -1.86. The summed E-state index contributed by atoms with van der Waals surface area (Å²) >= 11 is 1.20. The zero-order valence-electron chi connectivity index (χ0n) is 12.5. The predicted octanol–water partition coefficient (Wildman–Crippen LogP) is 3.34. The highest BCUT2D eigenvalue weighted by atomic mass is 32.2. The molecule has 0 aliphatic heterocycles. The van der Waals surface area contributed by atoms with Gasteiger partial charge in [-0.3, -0.25) is 4.72 Å². The van der Waals surface area contributed by atoms with Crippen LogP contribution in [0.25, 0.3) is 0 Å². The van der Waals surface area contributed by atoms with Crippen molar-refractivity contribution in [3.8, 4) is 0 Å². The number of sulfonamides is 1. The molecule has 0 fully saturated rings. The third-order valence-corrected chi connectivity index (χ3v) is 5.37. The third-order valence-electron chi connectivity index (χ3n) is 2.91. The Morgan fingerprint density at radius 2 is 1.86 bits per heavy atom. The smallest absolute Gasteiger partial charge is 0.341 e. The lowest BCUT2D eigenvalue weighted by atomic mass is 10.2. The standard InChI is InChI=1S/C15H17NO4S2/c1-4-20-15(17)13-9-11(3)21-14(13)16-22(18,19)12-7-5-10(2)6-8-12/h5-9,16H,4H2,1-3H3. The molecule has 22 heavy (non-hydrogen) atoms. The van der Waals surface area contributed by atoms with Crippen molar-refractivity contribution in [3.63, 3.8) is 0 Å². The zero-order chi connectivity index (χ0) is 16.3. The molecular weight excluding hydrogens is 322 g/mol. The lowest BCUT2D eigenvalue weighted by Crippen LogP contribution is -2.15. The van der Waals surface area contributed by atoms with Crippen LogP contribution in [0.5, 0.6) is 0 Å². The molecule has 0 aliphatic rings. The van der Waals surface area contributed by atoms with E-state index in [-0.39, 0.29) is 22.1 Å². The average Bonchev–Trinajstić information content (AvgIpc) is 2.79. The molecule has 1 aromatic heterocycles. The first-order valence-electron chi connectivity index (χ1n) is 6.70. The summed E-state index contributed by atoms with van der Waals surface area (Å²) < 4.78 is 32.2. The van der Waals surface area contributed by atoms with Crippen LogP contribution in [0.1, 0.15) is 27.7 Å². The van der Waals surface area contributed by atoms with Gasteiger partial charge in [-0.25, -0.2) is 13.2 Å². The number of carbonyl (C=O) groups excluding carboxylic acids is 1. The van der Waals surface area contributed by atoms with Crippen molar-refractivity contribution in [2.24, 2.45) is 0 Å². The van der Waals surface area contributed by atoms with Crippen molar-refractivity contribution in [3.05, 3.63) is 46.3 Å². The van der Waals surface area contributed by atoms with Crippen LogP contribution in [0, 0.1) is 13.8 Å². The molecule has 2 rings (SSSR count). The van der Waals surface area contributed by atoms with Gasteiger partial charge >= 0.3 is 5.97 Å². The maximum atomic E-state index is 12.4. The van der Waals surface area contributed by atoms with Gasteiger partial charge in [0.05, 0.1) is 17.1 Å². The molecule has 0 unspecified atom stereocenters. The van der Waals surface area contributed by atoms with Gasteiger partial charge in [-0.2, -0.15) is 0 Å². The van der Waals surface area contributed by atoms with Crippen LogP contribution < -0.4 is 4.72 Å². The number of hydrogen-bond donors (Lipinski definition) is 1. The van der Waals surface area contributed by atoms with Crippen LogP contribution in [0.4, 0.5) is 5.00 Å². The number of nitrogens with one attached hydrogen (secondary N) is 1. The molecule has 7 heteroatoms. The van der Waals surface area contributed by atoms with E-state index in [0.717, 1.165) is 10.4 Å². The van der Waals surface area contributed by atoms with Crippen LogP contribution in [-0.4, -0.2) is 21.0 Å². The first-order valence-corrected chi connectivity index (χ1v) is 9.00. The molecule has 0 atom stereocenters. The Bertz CT molecular complexity index is 776. The van der Waals surface area contributed by atoms with Gasteiger partial charge in [-0.1, -0.05) is 17.7 Å². The Morgan fingerprint density at radius 1 is 1.23 bits per heavy atom. The molecule has 2 aromatic rings. The Kier molecular flexibility index (Phi) is 4.87. The Balaban J connectivity index is 2.34. The lowest BCUT2D eigenvalue weighted by molar-refractivity contribution is 0.0528. The van der Waals surface area contributed by atoms with Crippen LogP contribution in [0.3, 0.4) is 0 Å². The molecule has 0 saturated heterocycles. The van der Waals surface area contributed by atoms with Crippen molar-refractivity contribution < 1.29 is 17.9 Å². The number of carbonyl (C=O) groups is 1. The summed E-state index contributed by atoms with van der Waals surface area (Å²) in [5.74, 6) is -0.534. The minimum atomic E-state index is -3.74. The fourth-order valence-electron chi connectivity index (χ4n) is 1.85. The van der Waals surface area contributed by atoms with E-state index in [2.05, 4.69) is 4.72 Å². The maximum Gasteiger partial charge on any atom is 0.341 e. The van der Waals surface area contributed by atoms with E-state index in [1.807, 2.05) is 6.92 Å². The number of anilines is 1. The summed E-state index contributed by atoms with van der Waals surface area (Å²) in [4.78, 5) is 12.9. The molecule has 0 spiro atoms. The topological polar surface area (TPSA) is 72.5 Å². The molecule has 0 radical (unpaired) electrons. The monoisotopic (exact) mass is 339 g/mol. The molecule has 0 saturated carbocycles. The predicted molar refractivity (Wildman–Crippen MR) is 87.0 cm³/mol. The second-order valence-corrected chi connectivity index (χ2v) is 7.68. The number of aryl methyl sites for hydroxylation is 2. The fraction of sp³-hybridized carbons (Fsp3) is 0.267. The molecule has 0 amide bonds. The largest absolute Gasteiger partial charge is 0.462 e. The van der Waals surface area contributed by atoms with E-state index < -0.39 is 16.0 Å². The number of ether oxygens (including phenoxy) is 1. The van der Waals surface area contributed by atoms with Crippen LogP contribution in [-0.2, 0) is 14.8 Å². The normalized spacial score (nSPS) is 11.2. The van der Waals surface area contributed by atoms with Crippen LogP contribution in [0.2, 0.25) is 0 Å². The molecular formula is C15H17NO4S2. The van der Waals surface area contributed by atoms with Gasteiger partial charge in [0.25, 0.3) is 10.0 Å². The minimum Gasteiger partial charge on any atom is -0.462 e.